The van der Waals surface area contributed by atoms with Gasteiger partial charge >= 0.3 is 6.03 Å². The van der Waals surface area contributed by atoms with E-state index in [1.165, 1.54) is 5.56 Å². The van der Waals surface area contributed by atoms with Gasteiger partial charge in [0, 0.05) is 23.7 Å². The van der Waals surface area contributed by atoms with Crippen molar-refractivity contribution >= 4 is 29.0 Å². The van der Waals surface area contributed by atoms with Crippen LogP contribution in [0.5, 0.6) is 11.5 Å². The van der Waals surface area contributed by atoms with Crippen molar-refractivity contribution in [3.63, 3.8) is 0 Å². The van der Waals surface area contributed by atoms with E-state index in [1.807, 2.05) is 64.9 Å². The fourth-order valence-electron chi connectivity index (χ4n) is 4.07. The summed E-state index contributed by atoms with van der Waals surface area (Å²) in [6.07, 6.45) is 3.35. The van der Waals surface area contributed by atoms with Gasteiger partial charge in [0.2, 0.25) is 5.91 Å². The normalized spacial score (nSPS) is 10.6. The number of hydrogen-bond donors (Lipinski definition) is 1. The fraction of sp³-hybridized carbons (Fsp3) is 0.400. The van der Waals surface area contributed by atoms with Gasteiger partial charge in [0.05, 0.1) is 20.8 Å². The van der Waals surface area contributed by atoms with E-state index in [9.17, 15) is 9.59 Å². The van der Waals surface area contributed by atoms with Crippen LogP contribution in [0.15, 0.2) is 60.0 Å². The molecule has 1 aromatic heterocycles. The van der Waals surface area contributed by atoms with E-state index >= 15 is 0 Å². The lowest BCUT2D eigenvalue weighted by atomic mass is 10.1. The average molecular weight is 538 g/mol. The largest absolute Gasteiger partial charge is 0.493 e. The molecule has 0 fully saturated rings. The first kappa shape index (κ1) is 29.0. The Labute approximate surface area is 230 Å². The molecule has 0 bridgehead atoms. The van der Waals surface area contributed by atoms with Gasteiger partial charge in [-0.2, -0.15) is 0 Å². The third-order valence-corrected chi connectivity index (χ3v) is 7.27. The third-order valence-electron chi connectivity index (χ3n) is 6.41. The van der Waals surface area contributed by atoms with E-state index < -0.39 is 0 Å². The van der Waals surface area contributed by atoms with Gasteiger partial charge in [0.15, 0.2) is 11.5 Å². The van der Waals surface area contributed by atoms with Gasteiger partial charge in [0.25, 0.3) is 0 Å². The highest BCUT2D eigenvalue weighted by Gasteiger charge is 2.22. The Balaban J connectivity index is 1.72. The molecule has 204 valence electrons. The number of anilines is 1. The molecule has 0 radical (unpaired) electrons. The van der Waals surface area contributed by atoms with Crippen LogP contribution in [0, 0.1) is 0 Å². The molecule has 3 rings (SSSR count). The van der Waals surface area contributed by atoms with Crippen molar-refractivity contribution in [2.24, 2.45) is 0 Å². The lowest BCUT2D eigenvalue weighted by molar-refractivity contribution is -0.132. The molecular weight excluding hydrogens is 498 g/mol. The summed E-state index contributed by atoms with van der Waals surface area (Å²) in [5.41, 5.74) is 2.98. The molecule has 1 heterocycles. The number of nitrogens with one attached hydrogen (secondary N) is 1. The maximum atomic E-state index is 13.6. The van der Waals surface area contributed by atoms with E-state index in [0.717, 1.165) is 35.4 Å². The predicted octanol–water partition coefficient (Wildman–Crippen LogP) is 6.23. The number of urea groups is 1. The summed E-state index contributed by atoms with van der Waals surface area (Å²) in [4.78, 5) is 31.3. The lowest BCUT2D eigenvalue weighted by Crippen LogP contribution is -2.45. The van der Waals surface area contributed by atoms with E-state index in [-0.39, 0.29) is 18.5 Å². The number of hydrogen-bond acceptors (Lipinski definition) is 5. The smallest absolute Gasteiger partial charge is 0.322 e. The zero-order valence-electron chi connectivity index (χ0n) is 22.9. The molecular formula is C30H39N3O4S. The molecule has 0 spiro atoms. The van der Waals surface area contributed by atoms with Crippen molar-refractivity contribution in [2.75, 3.05) is 39.2 Å². The number of unbranched alkanes of at least 4 members (excludes halogenated alkanes) is 1. The highest BCUT2D eigenvalue weighted by molar-refractivity contribution is 7.09. The Kier molecular flexibility index (Phi) is 11.5. The number of carbonyl (C=O) groups is 2. The van der Waals surface area contributed by atoms with Crippen molar-refractivity contribution < 1.29 is 19.1 Å². The molecule has 3 aromatic rings. The van der Waals surface area contributed by atoms with E-state index in [4.69, 9.17) is 9.47 Å². The maximum Gasteiger partial charge on any atom is 0.322 e. The molecule has 0 aliphatic heterocycles. The maximum absolute atomic E-state index is 13.6. The lowest BCUT2D eigenvalue weighted by Gasteiger charge is -2.28. The molecule has 0 unspecified atom stereocenters. The number of carbonyl (C=O) groups excluding carboxylic acids is 2. The number of rotatable bonds is 14. The molecule has 1 N–H and O–H groups in total. The predicted molar refractivity (Wildman–Crippen MR) is 154 cm³/mol. The van der Waals surface area contributed by atoms with Crippen LogP contribution in [0.4, 0.5) is 10.5 Å². The minimum atomic E-state index is -0.257. The molecule has 38 heavy (non-hydrogen) atoms. The van der Waals surface area contributed by atoms with Gasteiger partial charge in [-0.15, -0.1) is 11.3 Å². The summed E-state index contributed by atoms with van der Waals surface area (Å²) in [6.45, 7) is 5.74. The third kappa shape index (κ3) is 8.52. The van der Waals surface area contributed by atoms with Crippen LogP contribution < -0.4 is 14.8 Å². The van der Waals surface area contributed by atoms with Gasteiger partial charge < -0.3 is 24.6 Å². The van der Waals surface area contributed by atoms with Crippen LogP contribution in [0.3, 0.4) is 0 Å². The number of aryl methyl sites for hydroxylation is 1. The molecule has 7 nitrogen and oxygen atoms in total. The van der Waals surface area contributed by atoms with Crippen molar-refractivity contribution in [2.45, 2.75) is 46.1 Å². The number of thiophene rings is 1. The Morgan fingerprint density at radius 3 is 2.26 bits per heavy atom. The summed E-state index contributed by atoms with van der Waals surface area (Å²) >= 11 is 1.62. The first-order valence-corrected chi connectivity index (χ1v) is 14.0. The number of methoxy groups -OCH3 is 2. The van der Waals surface area contributed by atoms with Crippen LogP contribution in [-0.2, 0) is 24.2 Å². The summed E-state index contributed by atoms with van der Waals surface area (Å²) in [6, 6.07) is 17.4. The molecule has 0 aliphatic carbocycles. The van der Waals surface area contributed by atoms with Crippen LogP contribution in [-0.4, -0.2) is 55.6 Å². The zero-order valence-corrected chi connectivity index (χ0v) is 23.7. The highest BCUT2D eigenvalue weighted by Crippen LogP contribution is 2.28. The standard InChI is InChI=1S/C30H39N3O4S/c1-5-7-17-33(30(35)31-25-13-10-23(6-2)11-14-25)22-29(34)32(21-26-9-8-19-38-26)18-16-24-12-15-27(36-3)28(20-24)37-4/h8-15,19-20H,5-7,16-18,21-22H2,1-4H3,(H,31,35). The Morgan fingerprint density at radius 2 is 1.63 bits per heavy atom. The van der Waals surface area contributed by atoms with Gasteiger partial charge in [-0.1, -0.05) is 44.5 Å². The highest BCUT2D eigenvalue weighted by atomic mass is 32.1. The van der Waals surface area contributed by atoms with E-state index in [1.54, 1.807) is 30.5 Å². The molecule has 0 atom stereocenters. The van der Waals surface area contributed by atoms with Gasteiger partial charge in [-0.05, 0) is 66.1 Å². The molecule has 0 saturated heterocycles. The molecule has 2 aromatic carbocycles. The Morgan fingerprint density at radius 1 is 0.895 bits per heavy atom. The van der Waals surface area contributed by atoms with Gasteiger partial charge in [-0.25, -0.2) is 4.79 Å². The fourth-order valence-corrected chi connectivity index (χ4v) is 4.79. The Hall–Kier alpha value is -3.52. The van der Waals surface area contributed by atoms with Crippen molar-refractivity contribution in [3.05, 3.63) is 76.0 Å². The molecule has 3 amide bonds. The monoisotopic (exact) mass is 537 g/mol. The van der Waals surface area contributed by atoms with E-state index in [0.29, 0.717) is 37.6 Å². The summed E-state index contributed by atoms with van der Waals surface area (Å²) in [5.74, 6) is 1.26. The van der Waals surface area contributed by atoms with Crippen molar-refractivity contribution in [1.29, 1.82) is 0 Å². The quantitative estimate of drug-likeness (QED) is 0.265. The van der Waals surface area contributed by atoms with Crippen molar-refractivity contribution in [1.82, 2.24) is 9.80 Å². The summed E-state index contributed by atoms with van der Waals surface area (Å²) < 4.78 is 10.8. The minimum Gasteiger partial charge on any atom is -0.493 e. The number of ether oxygens (including phenoxy) is 2. The second-order valence-electron chi connectivity index (χ2n) is 9.09. The second-order valence-corrected chi connectivity index (χ2v) is 10.1. The molecule has 8 heteroatoms. The average Bonchev–Trinajstić information content (AvgIpc) is 3.46. The van der Waals surface area contributed by atoms with Crippen LogP contribution in [0.1, 0.15) is 42.7 Å². The number of benzene rings is 2. The van der Waals surface area contributed by atoms with Crippen LogP contribution in [0.2, 0.25) is 0 Å². The van der Waals surface area contributed by atoms with Gasteiger partial charge in [-0.3, -0.25) is 4.79 Å². The zero-order chi connectivity index (χ0) is 27.3. The SMILES string of the molecule is CCCCN(CC(=O)N(CCc1ccc(OC)c(OC)c1)Cc1cccs1)C(=O)Nc1ccc(CC)cc1. The first-order chi connectivity index (χ1) is 18.5. The first-order valence-electron chi connectivity index (χ1n) is 13.1. The topological polar surface area (TPSA) is 71.1 Å². The van der Waals surface area contributed by atoms with E-state index in [2.05, 4.69) is 19.2 Å². The van der Waals surface area contributed by atoms with Crippen LogP contribution in [0.25, 0.3) is 0 Å². The van der Waals surface area contributed by atoms with Gasteiger partial charge in [0.1, 0.15) is 6.54 Å². The number of nitrogens with zero attached hydrogens (tertiary/aromatic N) is 2. The molecule has 0 saturated carbocycles. The second kappa shape index (κ2) is 15.0. The Bertz CT molecular complexity index is 1150. The molecule has 0 aliphatic rings. The van der Waals surface area contributed by atoms with Crippen molar-refractivity contribution in [3.8, 4) is 11.5 Å². The summed E-state index contributed by atoms with van der Waals surface area (Å²) in [5, 5.41) is 4.98. The summed E-state index contributed by atoms with van der Waals surface area (Å²) in [7, 11) is 3.22. The minimum absolute atomic E-state index is 0.0240. The van der Waals surface area contributed by atoms with Crippen LogP contribution >= 0.6 is 11.3 Å². The number of amides is 3.